The summed E-state index contributed by atoms with van der Waals surface area (Å²) in [6, 6.07) is 9.87. The van der Waals surface area contributed by atoms with E-state index in [1.54, 1.807) is 18.2 Å². The van der Waals surface area contributed by atoms with Crippen LogP contribution in [0.4, 0.5) is 18.0 Å². The Kier molecular flexibility index (Phi) is 6.78. The zero-order valence-corrected chi connectivity index (χ0v) is 18.3. The molecule has 1 aliphatic rings. The molecule has 0 radical (unpaired) electrons. The number of likely N-dealkylation sites (tertiary alicyclic amines) is 1. The number of halogens is 3. The molecule has 1 aliphatic heterocycles. The maximum atomic E-state index is 12.4. The number of hydrogen-bond donors (Lipinski definition) is 3. The van der Waals surface area contributed by atoms with Crippen LogP contribution in [0.15, 0.2) is 42.5 Å². The molecular formula is C22H22F3N5O5. The van der Waals surface area contributed by atoms with Gasteiger partial charge in [0.1, 0.15) is 23.4 Å². The summed E-state index contributed by atoms with van der Waals surface area (Å²) in [5.41, 5.74) is 0.876. The molecule has 1 fully saturated rings. The third kappa shape index (κ3) is 6.38. The first-order valence-corrected chi connectivity index (χ1v) is 10.7. The van der Waals surface area contributed by atoms with Gasteiger partial charge in [0, 0.05) is 25.2 Å². The van der Waals surface area contributed by atoms with Gasteiger partial charge in [-0.05, 0) is 48.7 Å². The first kappa shape index (κ1) is 24.3. The van der Waals surface area contributed by atoms with Gasteiger partial charge >= 0.3 is 12.5 Å². The molecule has 0 saturated carbocycles. The molecule has 2 heterocycles. The molecule has 2 aromatic carbocycles. The van der Waals surface area contributed by atoms with Crippen LogP contribution in [0.5, 0.6) is 5.75 Å². The summed E-state index contributed by atoms with van der Waals surface area (Å²) in [5.74, 6) is -0.731. The number of nitrogens with one attached hydrogen (secondary N) is 2. The molecule has 13 heteroatoms. The highest BCUT2D eigenvalue weighted by atomic mass is 19.4. The lowest BCUT2D eigenvalue weighted by Crippen LogP contribution is -2.52. The van der Waals surface area contributed by atoms with Crippen LogP contribution in [0.1, 0.15) is 28.8 Å². The molecule has 0 atom stereocenters. The maximum Gasteiger partial charge on any atom is 0.573 e. The Bertz CT molecular complexity index is 1190. The van der Waals surface area contributed by atoms with Crippen LogP contribution < -0.4 is 10.1 Å². The molecule has 10 nitrogen and oxygen atoms in total. The molecule has 3 aromatic rings. The molecule has 186 valence electrons. The molecule has 0 unspecified atom stereocenters. The minimum atomic E-state index is -4.78. The molecule has 0 aliphatic carbocycles. The molecule has 35 heavy (non-hydrogen) atoms. The number of benzene rings is 2. The van der Waals surface area contributed by atoms with E-state index in [4.69, 9.17) is 4.74 Å². The van der Waals surface area contributed by atoms with Crippen molar-refractivity contribution < 1.29 is 37.3 Å². The monoisotopic (exact) mass is 493 g/mol. The topological polar surface area (TPSA) is 130 Å². The van der Waals surface area contributed by atoms with Gasteiger partial charge in [-0.3, -0.25) is 4.79 Å². The van der Waals surface area contributed by atoms with Gasteiger partial charge in [-0.25, -0.2) is 4.79 Å². The maximum absolute atomic E-state index is 12.4. The van der Waals surface area contributed by atoms with Crippen LogP contribution >= 0.6 is 0 Å². The third-order valence-electron chi connectivity index (χ3n) is 5.63. The fourth-order valence-corrected chi connectivity index (χ4v) is 3.63. The number of aromatic amines is 1. The predicted octanol–water partition coefficient (Wildman–Crippen LogP) is 2.75. The highest BCUT2D eigenvalue weighted by Gasteiger charge is 2.35. The number of alkyl halides is 3. The number of hydrogen-bond acceptors (Lipinski definition) is 7. The Morgan fingerprint density at radius 1 is 1.09 bits per heavy atom. The lowest BCUT2D eigenvalue weighted by molar-refractivity contribution is -0.274. The van der Waals surface area contributed by atoms with Crippen LogP contribution in [0.3, 0.4) is 0 Å². The zero-order valence-electron chi connectivity index (χ0n) is 18.3. The highest BCUT2D eigenvalue weighted by Crippen LogP contribution is 2.24. The van der Waals surface area contributed by atoms with E-state index in [2.05, 4.69) is 25.5 Å². The third-order valence-corrected chi connectivity index (χ3v) is 5.63. The number of rotatable bonds is 6. The predicted molar refractivity (Wildman–Crippen MR) is 115 cm³/mol. The number of H-pyrrole nitrogens is 1. The van der Waals surface area contributed by atoms with E-state index < -0.39 is 18.1 Å². The first-order chi connectivity index (χ1) is 16.6. The normalized spacial score (nSPS) is 15.6. The van der Waals surface area contributed by atoms with E-state index in [0.29, 0.717) is 22.2 Å². The van der Waals surface area contributed by atoms with Crippen molar-refractivity contribution >= 4 is 23.0 Å². The second-order valence-electron chi connectivity index (χ2n) is 8.17. The van der Waals surface area contributed by atoms with Crippen LogP contribution in [0, 0.1) is 0 Å². The van der Waals surface area contributed by atoms with Crippen LogP contribution in [-0.4, -0.2) is 69.0 Å². The average Bonchev–Trinajstić information content (AvgIpc) is 3.29. The molecular weight excluding hydrogens is 471 g/mol. The Labute approximate surface area is 197 Å². The lowest BCUT2D eigenvalue weighted by Gasteiger charge is -2.37. The Morgan fingerprint density at radius 2 is 1.77 bits per heavy atom. The van der Waals surface area contributed by atoms with Gasteiger partial charge in [-0.2, -0.15) is 15.4 Å². The first-order valence-electron chi connectivity index (χ1n) is 10.7. The Balaban J connectivity index is 1.21. The average molecular weight is 493 g/mol. The second kappa shape index (κ2) is 9.78. The molecule has 1 aromatic heterocycles. The number of carbonyl (C=O) groups is 2. The van der Waals surface area contributed by atoms with E-state index in [9.17, 15) is 27.9 Å². The lowest BCUT2D eigenvalue weighted by atomic mass is 9.91. The molecule has 4 rings (SSSR count). The Morgan fingerprint density at radius 3 is 2.46 bits per heavy atom. The molecule has 1 saturated heterocycles. The van der Waals surface area contributed by atoms with Crippen LogP contribution in [-0.2, 0) is 11.3 Å². The summed E-state index contributed by atoms with van der Waals surface area (Å²) in [6.07, 6.45) is -4.92. The smallest absolute Gasteiger partial charge is 0.445 e. The van der Waals surface area contributed by atoms with E-state index in [0.717, 1.165) is 12.1 Å². The summed E-state index contributed by atoms with van der Waals surface area (Å²) in [7, 11) is 0. The van der Waals surface area contributed by atoms with Crippen molar-refractivity contribution in [3.8, 4) is 5.75 Å². The summed E-state index contributed by atoms with van der Waals surface area (Å²) in [5, 5.41) is 23.9. The largest absolute Gasteiger partial charge is 0.573 e. The number of ether oxygens (including phenoxy) is 2. The number of piperidine rings is 1. The fraction of sp³-hybridized carbons (Fsp3) is 0.364. The van der Waals surface area contributed by atoms with Gasteiger partial charge in [0.25, 0.3) is 5.91 Å². The summed E-state index contributed by atoms with van der Waals surface area (Å²) < 4.78 is 45.7. The minimum absolute atomic E-state index is 0.0118. The van der Waals surface area contributed by atoms with E-state index >= 15 is 0 Å². The van der Waals surface area contributed by atoms with Gasteiger partial charge in [-0.15, -0.1) is 13.2 Å². The molecule has 0 spiro atoms. The number of carbonyl (C=O) groups excluding carboxylic acids is 2. The van der Waals surface area contributed by atoms with Crippen LogP contribution in [0.25, 0.3) is 11.0 Å². The van der Waals surface area contributed by atoms with Crippen molar-refractivity contribution in [2.45, 2.75) is 31.4 Å². The summed E-state index contributed by atoms with van der Waals surface area (Å²) >= 11 is 0. The quantitative estimate of drug-likeness (QED) is 0.482. The summed E-state index contributed by atoms with van der Waals surface area (Å²) in [4.78, 5) is 26.2. The standard InChI is InChI=1S/C22H22F3N5O5/c23-22(24,25)35-16-4-1-14(2-5-16)12-34-20(32)30-9-7-21(33,8-10-30)13-26-19(31)15-3-6-17-18(11-15)28-29-27-17/h1-6,11,33H,7-10,12-13H2,(H,26,31)(H,27,28,29). The van der Waals surface area contributed by atoms with Gasteiger partial charge in [0.15, 0.2) is 0 Å². The van der Waals surface area contributed by atoms with Crippen molar-refractivity contribution in [3.63, 3.8) is 0 Å². The van der Waals surface area contributed by atoms with Gasteiger partial charge in [0.2, 0.25) is 0 Å². The molecule has 0 bridgehead atoms. The zero-order chi connectivity index (χ0) is 25.1. The Hall–Kier alpha value is -3.87. The fourth-order valence-electron chi connectivity index (χ4n) is 3.63. The highest BCUT2D eigenvalue weighted by molar-refractivity contribution is 5.97. The van der Waals surface area contributed by atoms with Crippen molar-refractivity contribution in [1.82, 2.24) is 25.6 Å². The van der Waals surface area contributed by atoms with Crippen molar-refractivity contribution in [3.05, 3.63) is 53.6 Å². The van der Waals surface area contributed by atoms with Crippen LogP contribution in [0.2, 0.25) is 0 Å². The second-order valence-corrected chi connectivity index (χ2v) is 8.17. The number of fused-ring (bicyclic) bond motifs is 1. The number of nitrogens with zero attached hydrogens (tertiary/aromatic N) is 3. The minimum Gasteiger partial charge on any atom is -0.445 e. The number of aromatic nitrogens is 3. The SMILES string of the molecule is O=C(NCC1(O)CCN(C(=O)OCc2ccc(OC(F)(F)F)cc2)CC1)c1ccc2n[nH]nc2c1. The molecule has 3 N–H and O–H groups in total. The van der Waals surface area contributed by atoms with E-state index in [1.165, 1.54) is 17.0 Å². The molecule has 2 amide bonds. The van der Waals surface area contributed by atoms with Gasteiger partial charge in [-0.1, -0.05) is 12.1 Å². The van der Waals surface area contributed by atoms with Gasteiger partial charge < -0.3 is 24.8 Å². The summed E-state index contributed by atoms with van der Waals surface area (Å²) in [6.45, 7) is 0.318. The van der Waals surface area contributed by atoms with E-state index in [1.807, 2.05) is 0 Å². The van der Waals surface area contributed by atoms with E-state index in [-0.39, 0.29) is 50.7 Å². The van der Waals surface area contributed by atoms with Crippen molar-refractivity contribution in [1.29, 1.82) is 0 Å². The number of amides is 2. The number of aliphatic hydroxyl groups is 1. The van der Waals surface area contributed by atoms with Crippen molar-refractivity contribution in [2.75, 3.05) is 19.6 Å². The van der Waals surface area contributed by atoms with Crippen molar-refractivity contribution in [2.24, 2.45) is 0 Å². The van der Waals surface area contributed by atoms with Gasteiger partial charge in [0.05, 0.1) is 5.60 Å².